The van der Waals surface area contributed by atoms with Crippen molar-refractivity contribution in [2.75, 3.05) is 14.2 Å². The second kappa shape index (κ2) is 7.34. The van der Waals surface area contributed by atoms with Crippen LogP contribution >= 0.6 is 11.6 Å². The molecule has 0 aromatic heterocycles. The molecule has 21 heavy (non-hydrogen) atoms. The maximum Gasteiger partial charge on any atom is 0.127 e. The lowest BCUT2D eigenvalue weighted by atomic mass is 10.1. The van der Waals surface area contributed by atoms with E-state index in [1.54, 1.807) is 14.2 Å². The van der Waals surface area contributed by atoms with Crippen molar-refractivity contribution in [1.29, 1.82) is 0 Å². The predicted octanol–water partition coefficient (Wildman–Crippen LogP) is 4.21. The first kappa shape index (κ1) is 15.7. The van der Waals surface area contributed by atoms with E-state index in [1.807, 2.05) is 36.4 Å². The van der Waals surface area contributed by atoms with E-state index in [-0.39, 0.29) is 6.04 Å². The van der Waals surface area contributed by atoms with E-state index >= 15 is 0 Å². The number of benzene rings is 2. The molecule has 0 bridgehead atoms. The van der Waals surface area contributed by atoms with Gasteiger partial charge in [0, 0.05) is 29.2 Å². The van der Waals surface area contributed by atoms with Gasteiger partial charge in [0.2, 0.25) is 0 Å². The van der Waals surface area contributed by atoms with Crippen LogP contribution in [0.4, 0.5) is 0 Å². The highest BCUT2D eigenvalue weighted by atomic mass is 35.5. The molecule has 0 aliphatic heterocycles. The van der Waals surface area contributed by atoms with Crippen molar-refractivity contribution in [3.63, 3.8) is 0 Å². The molecule has 2 aromatic carbocycles. The van der Waals surface area contributed by atoms with Crippen LogP contribution in [0, 0.1) is 0 Å². The van der Waals surface area contributed by atoms with Gasteiger partial charge in [0.25, 0.3) is 0 Å². The first-order valence-corrected chi connectivity index (χ1v) is 7.21. The normalized spacial score (nSPS) is 12.0. The van der Waals surface area contributed by atoms with Crippen molar-refractivity contribution < 1.29 is 9.47 Å². The highest BCUT2D eigenvalue weighted by Gasteiger charge is 2.09. The molecule has 112 valence electrons. The number of rotatable bonds is 6. The van der Waals surface area contributed by atoms with Crippen molar-refractivity contribution in [3.05, 3.63) is 58.6 Å². The molecule has 3 nitrogen and oxygen atoms in total. The summed E-state index contributed by atoms with van der Waals surface area (Å²) in [7, 11) is 3.31. The van der Waals surface area contributed by atoms with Crippen LogP contribution in [-0.4, -0.2) is 14.2 Å². The van der Waals surface area contributed by atoms with E-state index < -0.39 is 0 Å². The molecule has 0 saturated heterocycles. The average molecular weight is 306 g/mol. The molecule has 0 saturated carbocycles. The highest BCUT2D eigenvalue weighted by molar-refractivity contribution is 6.30. The van der Waals surface area contributed by atoms with Crippen LogP contribution in [0.15, 0.2) is 42.5 Å². The molecular formula is C17H20ClNO2. The van der Waals surface area contributed by atoms with E-state index in [4.69, 9.17) is 21.1 Å². The Labute approximate surface area is 130 Å². The molecule has 2 rings (SSSR count). The second-order valence-corrected chi connectivity index (χ2v) is 5.27. The SMILES string of the molecule is COc1ccc(CNC(C)c2cccc(Cl)c2)c(OC)c1. The molecule has 0 heterocycles. The molecule has 2 aromatic rings. The predicted molar refractivity (Wildman–Crippen MR) is 86.3 cm³/mol. The van der Waals surface area contributed by atoms with Crippen molar-refractivity contribution >= 4 is 11.6 Å². The first-order chi connectivity index (χ1) is 10.1. The lowest BCUT2D eigenvalue weighted by molar-refractivity contribution is 0.389. The fourth-order valence-electron chi connectivity index (χ4n) is 2.15. The van der Waals surface area contributed by atoms with E-state index in [1.165, 1.54) is 0 Å². The molecule has 0 aliphatic carbocycles. The third-order valence-corrected chi connectivity index (χ3v) is 3.68. The summed E-state index contributed by atoms with van der Waals surface area (Å²) >= 11 is 6.03. The van der Waals surface area contributed by atoms with Gasteiger partial charge in [0.1, 0.15) is 11.5 Å². The van der Waals surface area contributed by atoms with Gasteiger partial charge in [-0.1, -0.05) is 29.8 Å². The Hall–Kier alpha value is -1.71. The zero-order valence-electron chi connectivity index (χ0n) is 12.5. The molecular weight excluding hydrogens is 286 g/mol. The van der Waals surface area contributed by atoms with Gasteiger partial charge in [-0.05, 0) is 30.7 Å². The number of halogens is 1. The number of ether oxygens (including phenoxy) is 2. The van der Waals surface area contributed by atoms with Crippen molar-refractivity contribution in [1.82, 2.24) is 5.32 Å². The van der Waals surface area contributed by atoms with Crippen LogP contribution in [0.5, 0.6) is 11.5 Å². The fourth-order valence-corrected chi connectivity index (χ4v) is 2.35. The lowest BCUT2D eigenvalue weighted by Crippen LogP contribution is -2.18. The number of nitrogens with one attached hydrogen (secondary N) is 1. The third-order valence-electron chi connectivity index (χ3n) is 3.44. The summed E-state index contributed by atoms with van der Waals surface area (Å²) in [6, 6.07) is 13.9. The molecule has 4 heteroatoms. The quantitative estimate of drug-likeness (QED) is 0.867. The maximum absolute atomic E-state index is 6.03. The molecule has 1 atom stereocenters. The van der Waals surface area contributed by atoms with Crippen molar-refractivity contribution in [3.8, 4) is 11.5 Å². The zero-order chi connectivity index (χ0) is 15.2. The summed E-state index contributed by atoms with van der Waals surface area (Å²) in [5.41, 5.74) is 2.25. The van der Waals surface area contributed by atoms with Crippen molar-refractivity contribution in [2.45, 2.75) is 19.5 Å². The third kappa shape index (κ3) is 4.13. The van der Waals surface area contributed by atoms with Crippen LogP contribution in [0.3, 0.4) is 0 Å². The minimum Gasteiger partial charge on any atom is -0.497 e. The van der Waals surface area contributed by atoms with Crippen molar-refractivity contribution in [2.24, 2.45) is 0 Å². The number of hydrogen-bond acceptors (Lipinski definition) is 3. The van der Waals surface area contributed by atoms with E-state index in [0.29, 0.717) is 6.54 Å². The second-order valence-electron chi connectivity index (χ2n) is 4.84. The van der Waals surface area contributed by atoms with E-state index in [2.05, 4.69) is 18.3 Å². The van der Waals surface area contributed by atoms with Gasteiger partial charge in [0.05, 0.1) is 14.2 Å². The topological polar surface area (TPSA) is 30.5 Å². The van der Waals surface area contributed by atoms with Crippen LogP contribution in [0.25, 0.3) is 0 Å². The molecule has 1 N–H and O–H groups in total. The average Bonchev–Trinajstić information content (AvgIpc) is 2.52. The maximum atomic E-state index is 6.03. The Morgan fingerprint density at radius 3 is 2.57 bits per heavy atom. The van der Waals surface area contributed by atoms with Gasteiger partial charge in [-0.3, -0.25) is 0 Å². The molecule has 0 aliphatic rings. The Morgan fingerprint density at radius 1 is 1.10 bits per heavy atom. The van der Waals surface area contributed by atoms with Crippen LogP contribution < -0.4 is 14.8 Å². The first-order valence-electron chi connectivity index (χ1n) is 6.83. The molecule has 0 fully saturated rings. The summed E-state index contributed by atoms with van der Waals surface area (Å²) in [5, 5.41) is 4.23. The molecule has 0 amide bonds. The van der Waals surface area contributed by atoms with Gasteiger partial charge in [-0.15, -0.1) is 0 Å². The molecule has 0 spiro atoms. The van der Waals surface area contributed by atoms with Gasteiger partial charge in [-0.25, -0.2) is 0 Å². The van der Waals surface area contributed by atoms with E-state index in [0.717, 1.165) is 27.6 Å². The van der Waals surface area contributed by atoms with Gasteiger partial charge in [0.15, 0.2) is 0 Å². The Morgan fingerprint density at radius 2 is 1.90 bits per heavy atom. The minimum atomic E-state index is 0.204. The summed E-state index contributed by atoms with van der Waals surface area (Å²) < 4.78 is 10.6. The molecule has 1 unspecified atom stereocenters. The highest BCUT2D eigenvalue weighted by Crippen LogP contribution is 2.25. The number of methoxy groups -OCH3 is 2. The largest absolute Gasteiger partial charge is 0.497 e. The summed E-state index contributed by atoms with van der Waals surface area (Å²) in [4.78, 5) is 0. The van der Waals surface area contributed by atoms with Crippen LogP contribution in [0.2, 0.25) is 5.02 Å². The van der Waals surface area contributed by atoms with E-state index in [9.17, 15) is 0 Å². The minimum absolute atomic E-state index is 0.204. The lowest BCUT2D eigenvalue weighted by Gasteiger charge is -2.16. The summed E-state index contributed by atoms with van der Waals surface area (Å²) in [5.74, 6) is 1.61. The smallest absolute Gasteiger partial charge is 0.127 e. The van der Waals surface area contributed by atoms with Crippen LogP contribution in [0.1, 0.15) is 24.1 Å². The zero-order valence-corrected chi connectivity index (χ0v) is 13.3. The Bertz CT molecular complexity index is 601. The van der Waals surface area contributed by atoms with Gasteiger partial charge in [-0.2, -0.15) is 0 Å². The fraction of sp³-hybridized carbons (Fsp3) is 0.294. The standard InChI is InChI=1S/C17H20ClNO2/c1-12(13-5-4-6-15(18)9-13)19-11-14-7-8-16(20-2)10-17(14)21-3/h4-10,12,19H,11H2,1-3H3. The monoisotopic (exact) mass is 305 g/mol. The Kier molecular flexibility index (Phi) is 5.48. The summed E-state index contributed by atoms with van der Waals surface area (Å²) in [6.07, 6.45) is 0. The summed E-state index contributed by atoms with van der Waals surface area (Å²) in [6.45, 7) is 2.82. The van der Waals surface area contributed by atoms with Gasteiger partial charge < -0.3 is 14.8 Å². The van der Waals surface area contributed by atoms with Crippen LogP contribution in [-0.2, 0) is 6.54 Å². The molecule has 0 radical (unpaired) electrons. The number of hydrogen-bond donors (Lipinski definition) is 1. The van der Waals surface area contributed by atoms with Gasteiger partial charge >= 0.3 is 0 Å². The Balaban J connectivity index is 2.05.